The molecule has 0 bridgehead atoms. The Morgan fingerprint density at radius 1 is 0.927 bits per heavy atom. The molecule has 2 unspecified atom stereocenters. The van der Waals surface area contributed by atoms with E-state index in [0.29, 0.717) is 38.5 Å². The van der Waals surface area contributed by atoms with Crippen molar-refractivity contribution in [3.8, 4) is 0 Å². The van der Waals surface area contributed by atoms with Crippen molar-refractivity contribution < 1.29 is 77.4 Å². The Labute approximate surface area is 267 Å². The molecular weight excluding hydrogens is 563 g/mol. The monoisotopic (exact) mass is 614 g/mol. The minimum absolute atomic E-state index is 0. The van der Waals surface area contributed by atoms with Gasteiger partial charge in [-0.2, -0.15) is 0 Å². The van der Waals surface area contributed by atoms with Crippen LogP contribution in [0.1, 0.15) is 92.4 Å². The minimum atomic E-state index is -4.74. The van der Waals surface area contributed by atoms with E-state index in [2.05, 4.69) is 4.18 Å². The molecule has 4 aliphatic rings. The van der Waals surface area contributed by atoms with Gasteiger partial charge in [0.05, 0.1) is 42.2 Å². The third-order valence-corrected chi connectivity index (χ3v) is 12.7. The fourth-order valence-corrected chi connectivity index (χ4v) is 10.6. The van der Waals surface area contributed by atoms with E-state index in [9.17, 15) is 43.6 Å². The number of aliphatic hydroxyl groups excluding tert-OH is 4. The van der Waals surface area contributed by atoms with Crippen molar-refractivity contribution in [2.45, 2.75) is 128 Å². The maximum absolute atomic E-state index is 12.4. The van der Waals surface area contributed by atoms with E-state index < -0.39 is 68.7 Å². The van der Waals surface area contributed by atoms with Crippen LogP contribution in [0.15, 0.2) is 0 Å². The zero-order valence-electron chi connectivity index (χ0n) is 25.6. The SMILES string of the molecule is CC(C)[C@H](CCOS(=O)(=O)[O-])CC[C@H](C)[C@H]1[C@@H](O)[C@H](O)C2[C@]3(O)C[C@@H](O)[C@@]4(O)C[C@@H](O)CC[C@]4(C)C3CC[C@@]21C.[Na+]. The molecule has 10 nitrogen and oxygen atoms in total. The van der Waals surface area contributed by atoms with Gasteiger partial charge in [-0.25, -0.2) is 8.42 Å². The molecule has 41 heavy (non-hydrogen) atoms. The summed E-state index contributed by atoms with van der Waals surface area (Å²) in [5.74, 6) is -1.12. The van der Waals surface area contributed by atoms with Crippen LogP contribution in [0.5, 0.6) is 0 Å². The van der Waals surface area contributed by atoms with Crippen molar-refractivity contribution in [2.75, 3.05) is 6.61 Å². The summed E-state index contributed by atoms with van der Waals surface area (Å²) in [6.07, 6.45) is -0.376. The molecule has 4 aliphatic carbocycles. The molecule has 0 radical (unpaired) electrons. The summed E-state index contributed by atoms with van der Waals surface area (Å²) in [7, 11) is -4.74. The normalized spacial score (nSPS) is 47.6. The molecule has 0 aromatic heterocycles. The summed E-state index contributed by atoms with van der Waals surface area (Å²) in [5, 5.41) is 68.7. The molecule has 0 aromatic carbocycles. The summed E-state index contributed by atoms with van der Waals surface area (Å²) in [6.45, 7) is 9.85. The molecule has 0 spiro atoms. The molecule has 4 saturated carbocycles. The van der Waals surface area contributed by atoms with Gasteiger partial charge in [-0.3, -0.25) is 4.18 Å². The van der Waals surface area contributed by atoms with Crippen LogP contribution in [0.2, 0.25) is 0 Å². The first-order valence-corrected chi connectivity index (χ1v) is 16.4. The first kappa shape index (κ1) is 36.1. The van der Waals surface area contributed by atoms with Crippen molar-refractivity contribution in [2.24, 2.45) is 46.3 Å². The quantitative estimate of drug-likeness (QED) is 0.104. The van der Waals surface area contributed by atoms with Gasteiger partial charge in [-0.05, 0) is 73.5 Å². The molecule has 0 aliphatic heterocycles. The van der Waals surface area contributed by atoms with Crippen LogP contribution in [-0.2, 0) is 14.6 Å². The zero-order chi connectivity index (χ0) is 30.1. The fraction of sp³-hybridized carbons (Fsp3) is 1.00. The van der Waals surface area contributed by atoms with E-state index in [1.807, 2.05) is 34.6 Å². The molecule has 13 atom stereocenters. The number of rotatable bonds is 9. The van der Waals surface area contributed by atoms with Crippen molar-refractivity contribution >= 4 is 10.4 Å². The largest absolute Gasteiger partial charge is 1.00 e. The molecule has 6 N–H and O–H groups in total. The van der Waals surface area contributed by atoms with Crippen LogP contribution in [0.25, 0.3) is 0 Å². The summed E-state index contributed by atoms with van der Waals surface area (Å²) in [5.41, 5.74) is -4.49. The van der Waals surface area contributed by atoms with E-state index in [0.717, 1.165) is 6.42 Å². The average molecular weight is 615 g/mol. The first-order chi connectivity index (χ1) is 18.3. The average Bonchev–Trinajstić information content (AvgIpc) is 3.02. The second kappa shape index (κ2) is 12.4. The first-order valence-electron chi connectivity index (χ1n) is 15.1. The standard InChI is InChI=1S/C29H52O10S.Na/c1-16(2)18(10-13-39-40(36,37)38)7-6-17(3)22-23(32)24(33)25-26(22,4)11-9-20-27(5)12-8-19(30)14-29(27,35)21(31)15-28(20,25)34;/h16-25,30-35H,6-15H2,1-5H3,(H,36,37,38);/q;+1/p-1/t17-,18-,19-,20?,21+,22-,23+,24-,25?,26+,27+,28-,29-;/m0./s1. The summed E-state index contributed by atoms with van der Waals surface area (Å²) in [6, 6.07) is 0. The van der Waals surface area contributed by atoms with E-state index in [-0.39, 0.29) is 72.7 Å². The van der Waals surface area contributed by atoms with E-state index >= 15 is 0 Å². The Morgan fingerprint density at radius 3 is 2.15 bits per heavy atom. The van der Waals surface area contributed by atoms with Crippen molar-refractivity contribution in [1.82, 2.24) is 0 Å². The maximum atomic E-state index is 12.4. The summed E-state index contributed by atoms with van der Waals surface area (Å²) >= 11 is 0. The molecule has 4 rings (SSSR count). The number of aliphatic hydroxyl groups is 6. The molecule has 0 amide bonds. The van der Waals surface area contributed by atoms with Gasteiger partial charge >= 0.3 is 29.6 Å². The maximum Gasteiger partial charge on any atom is 1.00 e. The molecular formula is C29H51NaO10S. The summed E-state index contributed by atoms with van der Waals surface area (Å²) < 4.78 is 37.0. The van der Waals surface area contributed by atoms with Crippen LogP contribution >= 0.6 is 0 Å². The van der Waals surface area contributed by atoms with Gasteiger partial charge in [0.25, 0.3) is 0 Å². The molecule has 4 fully saturated rings. The molecule has 0 saturated heterocycles. The molecule has 12 heteroatoms. The van der Waals surface area contributed by atoms with Crippen LogP contribution in [0.4, 0.5) is 0 Å². The van der Waals surface area contributed by atoms with Crippen LogP contribution in [0, 0.1) is 46.3 Å². The summed E-state index contributed by atoms with van der Waals surface area (Å²) in [4.78, 5) is 0. The Balaban J connectivity index is 0.00000462. The third-order valence-electron chi connectivity index (χ3n) is 12.3. The predicted octanol–water partition coefficient (Wildman–Crippen LogP) is -1.29. The van der Waals surface area contributed by atoms with Gasteiger partial charge in [-0.15, -0.1) is 0 Å². The second-order valence-electron chi connectivity index (χ2n) is 14.6. The van der Waals surface area contributed by atoms with Gasteiger partial charge in [-0.1, -0.05) is 41.0 Å². The van der Waals surface area contributed by atoms with E-state index in [1.54, 1.807) is 0 Å². The topological polar surface area (TPSA) is 188 Å². The fourth-order valence-electron chi connectivity index (χ4n) is 10.3. The van der Waals surface area contributed by atoms with Gasteiger partial charge < -0.3 is 35.2 Å². The van der Waals surface area contributed by atoms with Crippen LogP contribution in [0.3, 0.4) is 0 Å². The molecule has 0 heterocycles. The Kier molecular flexibility index (Phi) is 11.0. The Morgan fingerprint density at radius 2 is 1.56 bits per heavy atom. The minimum Gasteiger partial charge on any atom is -0.726 e. The van der Waals surface area contributed by atoms with Gasteiger partial charge in [0.2, 0.25) is 10.4 Å². The van der Waals surface area contributed by atoms with Crippen LogP contribution < -0.4 is 29.6 Å². The number of fused-ring (bicyclic) bond motifs is 5. The molecule has 0 aromatic rings. The van der Waals surface area contributed by atoms with Gasteiger partial charge in [0.1, 0.15) is 0 Å². The third kappa shape index (κ3) is 6.11. The Bertz CT molecular complexity index is 1030. The van der Waals surface area contributed by atoms with Crippen LogP contribution in [-0.4, -0.2) is 85.8 Å². The van der Waals surface area contributed by atoms with Crippen molar-refractivity contribution in [1.29, 1.82) is 0 Å². The second-order valence-corrected chi connectivity index (χ2v) is 15.7. The Hall–Kier alpha value is 0.630. The van der Waals surface area contributed by atoms with E-state index in [4.69, 9.17) is 0 Å². The number of hydrogen-bond acceptors (Lipinski definition) is 10. The predicted molar refractivity (Wildman–Crippen MR) is 145 cm³/mol. The number of hydrogen-bond donors (Lipinski definition) is 6. The van der Waals surface area contributed by atoms with Gasteiger partial charge in [0, 0.05) is 24.2 Å². The zero-order valence-corrected chi connectivity index (χ0v) is 28.4. The van der Waals surface area contributed by atoms with Gasteiger partial charge in [0.15, 0.2) is 0 Å². The smallest absolute Gasteiger partial charge is 0.726 e. The molecule has 234 valence electrons. The van der Waals surface area contributed by atoms with Crippen molar-refractivity contribution in [3.63, 3.8) is 0 Å². The van der Waals surface area contributed by atoms with Crippen molar-refractivity contribution in [3.05, 3.63) is 0 Å². The van der Waals surface area contributed by atoms with E-state index in [1.165, 1.54) is 0 Å².